The van der Waals surface area contributed by atoms with Crippen molar-refractivity contribution >= 4 is 50.8 Å². The molecule has 0 spiro atoms. The molecule has 0 bridgehead atoms. The Kier molecular flexibility index (Phi) is 4.57. The van der Waals surface area contributed by atoms with Crippen LogP contribution in [0.4, 0.5) is 5.69 Å². The number of aliphatic imine (C=N–C) groups is 1. The van der Waals surface area contributed by atoms with Gasteiger partial charge in [-0.2, -0.15) is 0 Å². The highest BCUT2D eigenvalue weighted by Gasteiger charge is 2.32. The van der Waals surface area contributed by atoms with E-state index in [0.29, 0.717) is 11.5 Å². The van der Waals surface area contributed by atoms with Crippen molar-refractivity contribution in [2.75, 3.05) is 4.90 Å². The molecule has 3 aromatic rings. The third-order valence-electron chi connectivity index (χ3n) is 4.04. The first-order chi connectivity index (χ1) is 12.6. The average molecular weight is 423 g/mol. The van der Waals surface area contributed by atoms with Gasteiger partial charge in [0, 0.05) is 14.9 Å². The van der Waals surface area contributed by atoms with Gasteiger partial charge < -0.3 is 0 Å². The van der Waals surface area contributed by atoms with Crippen molar-refractivity contribution < 1.29 is 4.79 Å². The molecule has 128 valence electrons. The standard InChI is InChI=1S/C21H15BrN2OS/c1-14-4-2-5-17(12-14)24-20(15-7-9-16(22)10-8-15)23-19(21(24)25)13-18-6-3-11-26-18/h2-13H,1H3/b19-13+. The van der Waals surface area contributed by atoms with Crippen molar-refractivity contribution in [1.82, 2.24) is 0 Å². The Labute approximate surface area is 164 Å². The summed E-state index contributed by atoms with van der Waals surface area (Å²) in [6.45, 7) is 2.02. The molecule has 5 heteroatoms. The predicted molar refractivity (Wildman–Crippen MR) is 112 cm³/mol. The van der Waals surface area contributed by atoms with E-state index in [9.17, 15) is 4.79 Å². The van der Waals surface area contributed by atoms with Crippen LogP contribution in [-0.2, 0) is 4.79 Å². The quantitative estimate of drug-likeness (QED) is 0.501. The first-order valence-electron chi connectivity index (χ1n) is 8.13. The second kappa shape index (κ2) is 7.02. The van der Waals surface area contributed by atoms with Crippen LogP contribution < -0.4 is 4.90 Å². The zero-order valence-corrected chi connectivity index (χ0v) is 16.4. The second-order valence-corrected chi connectivity index (χ2v) is 7.86. The van der Waals surface area contributed by atoms with Crippen molar-refractivity contribution in [3.63, 3.8) is 0 Å². The number of amides is 1. The molecule has 2 aromatic carbocycles. The topological polar surface area (TPSA) is 32.7 Å². The highest BCUT2D eigenvalue weighted by Crippen LogP contribution is 2.29. The number of hydrogen-bond donors (Lipinski definition) is 0. The van der Waals surface area contributed by atoms with Crippen molar-refractivity contribution in [3.05, 3.63) is 92.2 Å². The third kappa shape index (κ3) is 3.28. The van der Waals surface area contributed by atoms with Crippen LogP contribution in [0.5, 0.6) is 0 Å². The highest BCUT2D eigenvalue weighted by atomic mass is 79.9. The molecule has 26 heavy (non-hydrogen) atoms. The molecule has 3 nitrogen and oxygen atoms in total. The molecule has 0 fully saturated rings. The fraction of sp³-hybridized carbons (Fsp3) is 0.0476. The Hall–Kier alpha value is -2.50. The van der Waals surface area contributed by atoms with Gasteiger partial charge in [0.2, 0.25) is 0 Å². The molecule has 0 aliphatic carbocycles. The van der Waals surface area contributed by atoms with Crippen LogP contribution in [0.2, 0.25) is 0 Å². The number of aryl methyl sites for hydroxylation is 1. The highest BCUT2D eigenvalue weighted by molar-refractivity contribution is 9.10. The maximum Gasteiger partial charge on any atom is 0.282 e. The number of thiophene rings is 1. The van der Waals surface area contributed by atoms with Crippen LogP contribution in [0.15, 0.2) is 81.2 Å². The van der Waals surface area contributed by atoms with E-state index < -0.39 is 0 Å². The van der Waals surface area contributed by atoms with E-state index in [1.54, 1.807) is 16.2 Å². The van der Waals surface area contributed by atoms with Gasteiger partial charge in [-0.25, -0.2) is 4.99 Å². The summed E-state index contributed by atoms with van der Waals surface area (Å²) in [6.07, 6.45) is 1.85. The number of rotatable bonds is 3. The average Bonchev–Trinajstić information content (AvgIpc) is 3.25. The molecule has 0 N–H and O–H groups in total. The molecule has 1 aliphatic rings. The minimum atomic E-state index is -0.109. The number of anilines is 1. The van der Waals surface area contributed by atoms with Gasteiger partial charge in [-0.1, -0.05) is 46.3 Å². The summed E-state index contributed by atoms with van der Waals surface area (Å²) in [5, 5.41) is 1.99. The number of benzene rings is 2. The summed E-state index contributed by atoms with van der Waals surface area (Å²) in [5.41, 5.74) is 3.27. The van der Waals surface area contributed by atoms with E-state index >= 15 is 0 Å². The Morgan fingerprint density at radius 2 is 1.88 bits per heavy atom. The lowest BCUT2D eigenvalue weighted by Gasteiger charge is -2.19. The maximum absolute atomic E-state index is 13.1. The van der Waals surface area contributed by atoms with Gasteiger partial charge in [0.05, 0.1) is 5.69 Å². The maximum atomic E-state index is 13.1. The van der Waals surface area contributed by atoms with Gasteiger partial charge in [-0.15, -0.1) is 11.3 Å². The fourth-order valence-corrected chi connectivity index (χ4v) is 3.74. The van der Waals surface area contributed by atoms with Crippen LogP contribution in [0, 0.1) is 6.92 Å². The van der Waals surface area contributed by atoms with Gasteiger partial charge in [-0.3, -0.25) is 9.69 Å². The number of carbonyl (C=O) groups excluding carboxylic acids is 1. The summed E-state index contributed by atoms with van der Waals surface area (Å²) in [4.78, 5) is 20.5. The summed E-state index contributed by atoms with van der Waals surface area (Å²) in [6, 6.07) is 19.7. The minimum absolute atomic E-state index is 0.109. The number of halogens is 1. The van der Waals surface area contributed by atoms with Crippen molar-refractivity contribution in [1.29, 1.82) is 0 Å². The van der Waals surface area contributed by atoms with Gasteiger partial charge in [0.15, 0.2) is 0 Å². The third-order valence-corrected chi connectivity index (χ3v) is 5.39. The monoisotopic (exact) mass is 422 g/mol. The first-order valence-corrected chi connectivity index (χ1v) is 9.80. The van der Waals surface area contributed by atoms with Crippen LogP contribution in [0.25, 0.3) is 6.08 Å². The minimum Gasteiger partial charge on any atom is -0.266 e. The predicted octanol–water partition coefficient (Wildman–Crippen LogP) is 5.65. The van der Waals surface area contributed by atoms with Crippen LogP contribution in [-0.4, -0.2) is 11.7 Å². The molecule has 2 heterocycles. The van der Waals surface area contributed by atoms with Gasteiger partial charge in [-0.05, 0) is 54.3 Å². The van der Waals surface area contributed by atoms with E-state index in [1.807, 2.05) is 79.0 Å². The van der Waals surface area contributed by atoms with Gasteiger partial charge >= 0.3 is 0 Å². The molecule has 1 aliphatic heterocycles. The normalized spacial score (nSPS) is 15.6. The van der Waals surface area contributed by atoms with Crippen molar-refractivity contribution in [3.8, 4) is 0 Å². The van der Waals surface area contributed by atoms with E-state index in [2.05, 4.69) is 20.9 Å². The number of hydrogen-bond acceptors (Lipinski definition) is 3. The van der Waals surface area contributed by atoms with Crippen LogP contribution >= 0.6 is 27.3 Å². The van der Waals surface area contributed by atoms with E-state index in [0.717, 1.165) is 26.2 Å². The Morgan fingerprint density at radius 3 is 2.58 bits per heavy atom. The lowest BCUT2D eigenvalue weighted by atomic mass is 10.1. The van der Waals surface area contributed by atoms with Crippen molar-refractivity contribution in [2.45, 2.75) is 6.92 Å². The lowest BCUT2D eigenvalue weighted by Crippen LogP contribution is -2.32. The molecule has 0 radical (unpaired) electrons. The van der Waals surface area contributed by atoms with Crippen LogP contribution in [0.3, 0.4) is 0 Å². The Bertz CT molecular complexity index is 1020. The van der Waals surface area contributed by atoms with Gasteiger partial charge in [0.1, 0.15) is 11.5 Å². The molecular formula is C21H15BrN2OS. The molecule has 1 aromatic heterocycles. The number of amidine groups is 1. The SMILES string of the molecule is Cc1cccc(N2C(=O)/C(=C\c3cccs3)N=C2c2ccc(Br)cc2)c1. The molecule has 0 saturated heterocycles. The molecule has 0 unspecified atom stereocenters. The Balaban J connectivity index is 1.84. The molecule has 0 atom stereocenters. The summed E-state index contributed by atoms with van der Waals surface area (Å²) < 4.78 is 0.989. The smallest absolute Gasteiger partial charge is 0.266 e. The van der Waals surface area contributed by atoms with E-state index in [-0.39, 0.29) is 5.91 Å². The fourth-order valence-electron chi connectivity index (χ4n) is 2.82. The summed E-state index contributed by atoms with van der Waals surface area (Å²) in [5.74, 6) is 0.540. The second-order valence-electron chi connectivity index (χ2n) is 5.97. The zero-order chi connectivity index (χ0) is 18.1. The summed E-state index contributed by atoms with van der Waals surface area (Å²) in [7, 11) is 0. The lowest BCUT2D eigenvalue weighted by molar-refractivity contribution is -0.113. The first kappa shape index (κ1) is 16.9. The largest absolute Gasteiger partial charge is 0.282 e. The molecular weight excluding hydrogens is 408 g/mol. The Morgan fingerprint density at radius 1 is 1.08 bits per heavy atom. The number of carbonyl (C=O) groups is 1. The van der Waals surface area contributed by atoms with E-state index in [4.69, 9.17) is 0 Å². The summed E-state index contributed by atoms with van der Waals surface area (Å²) >= 11 is 5.04. The molecule has 1 amide bonds. The van der Waals surface area contributed by atoms with Gasteiger partial charge in [0.25, 0.3) is 5.91 Å². The van der Waals surface area contributed by atoms with Crippen LogP contribution in [0.1, 0.15) is 16.0 Å². The number of nitrogens with zero attached hydrogens (tertiary/aromatic N) is 2. The van der Waals surface area contributed by atoms with Crippen molar-refractivity contribution in [2.24, 2.45) is 4.99 Å². The molecule has 4 rings (SSSR count). The van der Waals surface area contributed by atoms with E-state index in [1.165, 1.54) is 0 Å². The molecule has 0 saturated carbocycles. The zero-order valence-electron chi connectivity index (χ0n) is 14.0.